The minimum Gasteiger partial charge on any atom is -0.399 e. The number of halogens is 1. The van der Waals surface area contributed by atoms with Gasteiger partial charge in [0.1, 0.15) is 5.82 Å². The smallest absolute Gasteiger partial charge is 0.237 e. The number of fused-ring (bicyclic) bond motifs is 2. The lowest BCUT2D eigenvalue weighted by Gasteiger charge is -2.10. The van der Waals surface area contributed by atoms with Crippen LogP contribution in [0.1, 0.15) is 18.4 Å². The van der Waals surface area contributed by atoms with Crippen molar-refractivity contribution in [1.82, 2.24) is 0 Å². The molecule has 3 nitrogen and oxygen atoms in total. The van der Waals surface area contributed by atoms with Crippen LogP contribution in [-0.2, 0) is 10.2 Å². The molecule has 1 fully saturated rings. The maximum Gasteiger partial charge on any atom is 0.237 e. The van der Waals surface area contributed by atoms with Crippen molar-refractivity contribution < 1.29 is 9.18 Å². The van der Waals surface area contributed by atoms with Crippen molar-refractivity contribution in [2.45, 2.75) is 18.3 Å². The fourth-order valence-corrected chi connectivity index (χ4v) is 2.48. The summed E-state index contributed by atoms with van der Waals surface area (Å²) in [6, 6.07) is 2.97. The van der Waals surface area contributed by atoms with E-state index in [0.29, 0.717) is 16.9 Å². The maximum atomic E-state index is 13.8. The zero-order chi connectivity index (χ0) is 10.8. The zero-order valence-corrected chi connectivity index (χ0v) is 8.38. The van der Waals surface area contributed by atoms with Gasteiger partial charge in [-0.15, -0.1) is 0 Å². The average molecular weight is 206 g/mol. The van der Waals surface area contributed by atoms with Crippen LogP contribution >= 0.6 is 0 Å². The van der Waals surface area contributed by atoms with Gasteiger partial charge in [-0.1, -0.05) is 0 Å². The van der Waals surface area contributed by atoms with Gasteiger partial charge in [0, 0.05) is 18.3 Å². The molecule has 4 heteroatoms. The molecule has 78 valence electrons. The molecule has 1 spiro atoms. The molecule has 0 aromatic heterocycles. The van der Waals surface area contributed by atoms with Crippen LogP contribution in [-0.4, -0.2) is 13.0 Å². The second kappa shape index (κ2) is 2.32. The van der Waals surface area contributed by atoms with Crippen molar-refractivity contribution in [3.05, 3.63) is 23.5 Å². The third kappa shape index (κ3) is 0.868. The van der Waals surface area contributed by atoms with Crippen LogP contribution in [0, 0.1) is 5.82 Å². The van der Waals surface area contributed by atoms with Crippen molar-refractivity contribution in [3.63, 3.8) is 0 Å². The first-order valence-electron chi connectivity index (χ1n) is 4.94. The molecule has 0 saturated heterocycles. The van der Waals surface area contributed by atoms with Crippen molar-refractivity contribution in [1.29, 1.82) is 0 Å². The summed E-state index contributed by atoms with van der Waals surface area (Å²) in [5.74, 6) is -0.345. The largest absolute Gasteiger partial charge is 0.399 e. The van der Waals surface area contributed by atoms with Gasteiger partial charge in [-0.25, -0.2) is 4.39 Å². The molecule has 0 unspecified atom stereocenters. The Morgan fingerprint density at radius 1 is 1.47 bits per heavy atom. The summed E-state index contributed by atoms with van der Waals surface area (Å²) in [6.45, 7) is 0. The van der Waals surface area contributed by atoms with Gasteiger partial charge in [-0.3, -0.25) is 4.79 Å². The van der Waals surface area contributed by atoms with Gasteiger partial charge in [-0.2, -0.15) is 0 Å². The molecule has 15 heavy (non-hydrogen) atoms. The van der Waals surface area contributed by atoms with Gasteiger partial charge in [0.2, 0.25) is 5.91 Å². The van der Waals surface area contributed by atoms with Crippen molar-refractivity contribution >= 4 is 17.3 Å². The molecule has 0 bridgehead atoms. The second-order valence-electron chi connectivity index (χ2n) is 4.34. The Hall–Kier alpha value is -1.58. The maximum absolute atomic E-state index is 13.8. The predicted molar refractivity (Wildman–Crippen MR) is 55.1 cm³/mol. The van der Waals surface area contributed by atoms with Gasteiger partial charge < -0.3 is 10.6 Å². The summed E-state index contributed by atoms with van der Waals surface area (Å²) < 4.78 is 13.8. The predicted octanol–water partition coefficient (Wildman–Crippen LogP) is 1.42. The number of carbonyl (C=O) groups is 1. The van der Waals surface area contributed by atoms with E-state index in [4.69, 9.17) is 5.73 Å². The number of hydrogen-bond acceptors (Lipinski definition) is 2. The van der Waals surface area contributed by atoms with Gasteiger partial charge in [0.05, 0.1) is 11.1 Å². The number of likely N-dealkylation sites (N-methyl/N-ethyl adjacent to an activating group) is 1. The highest BCUT2D eigenvalue weighted by Crippen LogP contribution is 2.58. The Kier molecular flexibility index (Phi) is 1.35. The highest BCUT2D eigenvalue weighted by atomic mass is 19.1. The van der Waals surface area contributed by atoms with E-state index in [0.717, 1.165) is 12.8 Å². The Morgan fingerprint density at radius 2 is 2.13 bits per heavy atom. The molecule has 1 saturated carbocycles. The summed E-state index contributed by atoms with van der Waals surface area (Å²) >= 11 is 0. The minimum atomic E-state index is -0.554. The number of anilines is 2. The zero-order valence-electron chi connectivity index (χ0n) is 8.38. The number of nitrogens with two attached hydrogens (primary N) is 1. The third-order valence-corrected chi connectivity index (χ3v) is 3.40. The monoisotopic (exact) mass is 206 g/mol. The van der Waals surface area contributed by atoms with Crippen LogP contribution in [0.25, 0.3) is 0 Å². The Bertz CT molecular complexity index is 480. The second-order valence-corrected chi connectivity index (χ2v) is 4.34. The molecule has 2 N–H and O–H groups in total. The first-order valence-corrected chi connectivity index (χ1v) is 4.94. The number of amides is 1. The van der Waals surface area contributed by atoms with E-state index in [9.17, 15) is 9.18 Å². The molecule has 1 aromatic carbocycles. The number of hydrogen-bond donors (Lipinski definition) is 1. The standard InChI is InChI=1S/C11H11FN2O/c1-14-8-5-6(13)4-7(12)9(8)11(2-3-11)10(14)15/h4-5H,2-3,13H2,1H3. The normalized spacial score (nSPS) is 20.9. The summed E-state index contributed by atoms with van der Waals surface area (Å²) in [6.07, 6.45) is 1.51. The van der Waals surface area contributed by atoms with Crippen LogP contribution in [0.15, 0.2) is 12.1 Å². The van der Waals surface area contributed by atoms with Crippen LogP contribution in [0.3, 0.4) is 0 Å². The van der Waals surface area contributed by atoms with E-state index in [1.165, 1.54) is 11.0 Å². The van der Waals surface area contributed by atoms with Crippen LogP contribution in [0.5, 0.6) is 0 Å². The summed E-state index contributed by atoms with van der Waals surface area (Å²) in [7, 11) is 1.67. The SMILES string of the molecule is CN1C(=O)C2(CC2)c2c(F)cc(N)cc21. The summed E-state index contributed by atoms with van der Waals surface area (Å²) in [5, 5.41) is 0. The lowest BCUT2D eigenvalue weighted by Crippen LogP contribution is -2.28. The highest BCUT2D eigenvalue weighted by Gasteiger charge is 2.59. The molecule has 3 rings (SSSR count). The van der Waals surface area contributed by atoms with Gasteiger partial charge in [0.25, 0.3) is 0 Å². The first kappa shape index (κ1) is 8.71. The average Bonchev–Trinajstić information content (AvgIpc) is 2.91. The fraction of sp³-hybridized carbons (Fsp3) is 0.364. The number of benzene rings is 1. The van der Waals surface area contributed by atoms with Crippen molar-refractivity contribution in [2.24, 2.45) is 0 Å². The van der Waals surface area contributed by atoms with E-state index in [-0.39, 0.29) is 11.7 Å². The summed E-state index contributed by atoms with van der Waals surface area (Å²) in [5.41, 5.74) is 6.56. The van der Waals surface area contributed by atoms with Gasteiger partial charge in [-0.05, 0) is 25.0 Å². The lowest BCUT2D eigenvalue weighted by atomic mass is 9.97. The Balaban J connectivity index is 2.32. The lowest BCUT2D eigenvalue weighted by molar-refractivity contribution is -0.119. The van der Waals surface area contributed by atoms with E-state index in [1.54, 1.807) is 13.1 Å². The van der Waals surface area contributed by atoms with Crippen LogP contribution in [0.2, 0.25) is 0 Å². The number of rotatable bonds is 0. The fourth-order valence-electron chi connectivity index (χ4n) is 2.48. The first-order chi connectivity index (χ1) is 7.06. The molecule has 2 aliphatic rings. The van der Waals surface area contributed by atoms with E-state index >= 15 is 0 Å². The molecule has 1 aromatic rings. The molecule has 1 amide bonds. The van der Waals surface area contributed by atoms with Crippen LogP contribution < -0.4 is 10.6 Å². The third-order valence-electron chi connectivity index (χ3n) is 3.40. The quantitative estimate of drug-likeness (QED) is 0.652. The van der Waals surface area contributed by atoms with Crippen molar-refractivity contribution in [2.75, 3.05) is 17.7 Å². The van der Waals surface area contributed by atoms with E-state index in [1.807, 2.05) is 0 Å². The molecular formula is C11H11FN2O. The number of carbonyl (C=O) groups excluding carboxylic acids is 1. The van der Waals surface area contributed by atoms with Gasteiger partial charge in [0.15, 0.2) is 0 Å². The molecule has 1 aliphatic heterocycles. The molecule has 0 atom stereocenters. The topological polar surface area (TPSA) is 46.3 Å². The molecule has 1 heterocycles. The van der Waals surface area contributed by atoms with E-state index < -0.39 is 5.41 Å². The molecule has 0 radical (unpaired) electrons. The van der Waals surface area contributed by atoms with Crippen molar-refractivity contribution in [3.8, 4) is 0 Å². The Morgan fingerprint density at radius 3 is 2.73 bits per heavy atom. The molecular weight excluding hydrogens is 195 g/mol. The van der Waals surface area contributed by atoms with Gasteiger partial charge >= 0.3 is 0 Å². The Labute approximate surface area is 86.7 Å². The highest BCUT2D eigenvalue weighted by molar-refractivity contribution is 6.10. The number of nitrogen functional groups attached to an aromatic ring is 1. The minimum absolute atomic E-state index is 0.00185. The van der Waals surface area contributed by atoms with Crippen LogP contribution in [0.4, 0.5) is 15.8 Å². The molecule has 1 aliphatic carbocycles. The summed E-state index contributed by atoms with van der Waals surface area (Å²) in [4.78, 5) is 13.4. The number of nitrogens with zero attached hydrogens (tertiary/aromatic N) is 1. The van der Waals surface area contributed by atoms with E-state index in [2.05, 4.69) is 0 Å².